The smallest absolute Gasteiger partial charge is 0.137 e. The summed E-state index contributed by atoms with van der Waals surface area (Å²) < 4.78 is 5.21. The summed E-state index contributed by atoms with van der Waals surface area (Å²) in [7, 11) is 1.65. The van der Waals surface area contributed by atoms with Gasteiger partial charge in [0.05, 0.1) is 12.1 Å². The molecule has 0 amide bonds. The average Bonchev–Trinajstić information content (AvgIpc) is 3.06. The topological polar surface area (TPSA) is 21.3 Å². The van der Waals surface area contributed by atoms with Gasteiger partial charge in [0.25, 0.3) is 0 Å². The van der Waals surface area contributed by atoms with E-state index in [9.17, 15) is 0 Å². The largest absolute Gasteiger partial charge is 0.495 e. The number of nitrogens with one attached hydrogen (secondary N) is 1. The van der Waals surface area contributed by atoms with Gasteiger partial charge < -0.3 is 10.1 Å². The third kappa shape index (κ3) is 3.36. The van der Waals surface area contributed by atoms with Crippen LogP contribution in [0.1, 0.15) is 30.9 Å². The van der Waals surface area contributed by atoms with Crippen LogP contribution in [-0.2, 0) is 6.42 Å². The van der Waals surface area contributed by atoms with E-state index < -0.39 is 0 Å². The molecule has 0 aliphatic heterocycles. The molecule has 1 aromatic rings. The third-order valence-electron chi connectivity index (χ3n) is 3.23. The van der Waals surface area contributed by atoms with Gasteiger partial charge in [-0.1, -0.05) is 11.6 Å². The van der Waals surface area contributed by atoms with Crippen LogP contribution >= 0.6 is 11.6 Å². The quantitative estimate of drug-likeness (QED) is 0.869. The monoisotopic (exact) mass is 253 g/mol. The van der Waals surface area contributed by atoms with Crippen LogP contribution in [0.3, 0.4) is 0 Å². The summed E-state index contributed by atoms with van der Waals surface area (Å²) in [6.45, 7) is 4.34. The molecular formula is C14H20ClNO. The molecule has 1 unspecified atom stereocenters. The Labute approximate surface area is 108 Å². The highest BCUT2D eigenvalue weighted by atomic mass is 35.5. The Morgan fingerprint density at radius 1 is 1.47 bits per heavy atom. The molecule has 1 aliphatic carbocycles. The molecular weight excluding hydrogens is 234 g/mol. The lowest BCUT2D eigenvalue weighted by Crippen LogP contribution is -2.30. The number of benzene rings is 1. The maximum Gasteiger partial charge on any atom is 0.137 e. The third-order valence-corrected chi connectivity index (χ3v) is 3.53. The molecule has 0 bridgehead atoms. The lowest BCUT2D eigenvalue weighted by Gasteiger charge is -2.16. The van der Waals surface area contributed by atoms with Crippen LogP contribution in [0, 0.1) is 6.92 Å². The van der Waals surface area contributed by atoms with E-state index in [2.05, 4.69) is 19.2 Å². The van der Waals surface area contributed by atoms with Crippen molar-refractivity contribution in [1.29, 1.82) is 0 Å². The molecule has 1 N–H and O–H groups in total. The minimum atomic E-state index is 0.505. The summed E-state index contributed by atoms with van der Waals surface area (Å²) in [5.74, 6) is 0.760. The number of rotatable bonds is 5. The van der Waals surface area contributed by atoms with E-state index in [1.807, 2.05) is 12.1 Å². The fourth-order valence-electron chi connectivity index (χ4n) is 2.11. The Kier molecular flexibility index (Phi) is 3.95. The van der Waals surface area contributed by atoms with E-state index >= 15 is 0 Å². The van der Waals surface area contributed by atoms with E-state index in [0.29, 0.717) is 11.1 Å². The number of hydrogen-bond donors (Lipinski definition) is 1. The van der Waals surface area contributed by atoms with Crippen molar-refractivity contribution in [3.8, 4) is 5.75 Å². The van der Waals surface area contributed by atoms with Gasteiger partial charge in [0.15, 0.2) is 0 Å². The van der Waals surface area contributed by atoms with Crippen molar-refractivity contribution in [2.45, 2.75) is 45.2 Å². The van der Waals surface area contributed by atoms with Crippen molar-refractivity contribution < 1.29 is 4.74 Å². The molecule has 17 heavy (non-hydrogen) atoms. The van der Waals surface area contributed by atoms with Crippen LogP contribution in [0.4, 0.5) is 0 Å². The number of ether oxygens (including phenoxy) is 1. The Morgan fingerprint density at radius 2 is 2.18 bits per heavy atom. The van der Waals surface area contributed by atoms with Gasteiger partial charge in [0.1, 0.15) is 5.75 Å². The predicted molar refractivity (Wildman–Crippen MR) is 72.1 cm³/mol. The summed E-state index contributed by atoms with van der Waals surface area (Å²) in [5.41, 5.74) is 2.55. The van der Waals surface area contributed by atoms with Crippen LogP contribution in [-0.4, -0.2) is 19.2 Å². The zero-order valence-corrected chi connectivity index (χ0v) is 11.5. The Bertz CT molecular complexity index is 401. The number of halogens is 1. The molecule has 0 radical (unpaired) electrons. The SMILES string of the molecule is COc1cc(C)c(CC(C)NC2CC2)cc1Cl. The van der Waals surface area contributed by atoms with Gasteiger partial charge in [-0.15, -0.1) is 0 Å². The second-order valence-corrected chi connectivity index (χ2v) is 5.37. The van der Waals surface area contributed by atoms with E-state index in [0.717, 1.165) is 18.2 Å². The fourth-order valence-corrected chi connectivity index (χ4v) is 2.38. The summed E-state index contributed by atoms with van der Waals surface area (Å²) in [5, 5.41) is 4.30. The maximum atomic E-state index is 6.16. The first-order valence-corrected chi connectivity index (χ1v) is 6.57. The zero-order valence-electron chi connectivity index (χ0n) is 10.7. The number of aryl methyl sites for hydroxylation is 1. The van der Waals surface area contributed by atoms with Gasteiger partial charge in [-0.3, -0.25) is 0 Å². The molecule has 2 rings (SSSR count). The minimum Gasteiger partial charge on any atom is -0.495 e. The molecule has 0 aromatic heterocycles. The number of hydrogen-bond acceptors (Lipinski definition) is 2. The average molecular weight is 254 g/mol. The maximum absolute atomic E-state index is 6.16. The Morgan fingerprint density at radius 3 is 2.76 bits per heavy atom. The van der Waals surface area contributed by atoms with Crippen molar-refractivity contribution in [3.05, 3.63) is 28.3 Å². The van der Waals surface area contributed by atoms with Crippen molar-refractivity contribution in [2.24, 2.45) is 0 Å². The van der Waals surface area contributed by atoms with Crippen molar-refractivity contribution in [1.82, 2.24) is 5.32 Å². The summed E-state index contributed by atoms with van der Waals surface area (Å²) in [6.07, 6.45) is 3.67. The second kappa shape index (κ2) is 5.28. The standard InChI is InChI=1S/C14H20ClNO/c1-9-6-14(17-3)13(15)8-11(9)7-10(2)16-12-4-5-12/h6,8,10,12,16H,4-5,7H2,1-3H3. The molecule has 0 saturated heterocycles. The highest BCUT2D eigenvalue weighted by Crippen LogP contribution is 2.28. The summed E-state index contributed by atoms with van der Waals surface area (Å²) in [6, 6.07) is 5.30. The molecule has 94 valence electrons. The minimum absolute atomic E-state index is 0.505. The van der Waals surface area contributed by atoms with Crippen LogP contribution in [0.25, 0.3) is 0 Å². The molecule has 1 aliphatic rings. The zero-order chi connectivity index (χ0) is 12.4. The first-order chi connectivity index (χ1) is 8.10. The highest BCUT2D eigenvalue weighted by molar-refractivity contribution is 6.32. The van der Waals surface area contributed by atoms with E-state index in [4.69, 9.17) is 16.3 Å². The first-order valence-electron chi connectivity index (χ1n) is 6.19. The Balaban J connectivity index is 2.06. The summed E-state index contributed by atoms with van der Waals surface area (Å²) >= 11 is 6.16. The fraction of sp³-hybridized carbons (Fsp3) is 0.571. The van der Waals surface area contributed by atoms with E-state index in [-0.39, 0.29) is 0 Å². The van der Waals surface area contributed by atoms with Crippen molar-refractivity contribution >= 4 is 11.6 Å². The van der Waals surface area contributed by atoms with Gasteiger partial charge >= 0.3 is 0 Å². The van der Waals surface area contributed by atoms with Crippen molar-refractivity contribution in [2.75, 3.05) is 7.11 Å². The van der Waals surface area contributed by atoms with Crippen LogP contribution in [0.2, 0.25) is 5.02 Å². The molecule has 1 saturated carbocycles. The second-order valence-electron chi connectivity index (χ2n) is 4.96. The van der Waals surface area contributed by atoms with E-state index in [1.165, 1.54) is 24.0 Å². The molecule has 0 spiro atoms. The molecule has 2 nitrogen and oxygen atoms in total. The lowest BCUT2D eigenvalue weighted by atomic mass is 10.0. The summed E-state index contributed by atoms with van der Waals surface area (Å²) in [4.78, 5) is 0. The highest BCUT2D eigenvalue weighted by Gasteiger charge is 2.23. The first kappa shape index (κ1) is 12.7. The Hall–Kier alpha value is -0.730. The number of methoxy groups -OCH3 is 1. The van der Waals surface area contributed by atoms with Crippen LogP contribution in [0.15, 0.2) is 12.1 Å². The molecule has 0 heterocycles. The molecule has 1 fully saturated rings. The van der Waals surface area contributed by atoms with Gasteiger partial charge in [-0.25, -0.2) is 0 Å². The van der Waals surface area contributed by atoms with Crippen molar-refractivity contribution in [3.63, 3.8) is 0 Å². The van der Waals surface area contributed by atoms with E-state index in [1.54, 1.807) is 7.11 Å². The molecule has 1 atom stereocenters. The van der Waals surface area contributed by atoms with Crippen LogP contribution in [0.5, 0.6) is 5.75 Å². The van der Waals surface area contributed by atoms with Gasteiger partial charge in [0, 0.05) is 12.1 Å². The van der Waals surface area contributed by atoms with Gasteiger partial charge in [-0.05, 0) is 56.4 Å². The predicted octanol–water partition coefficient (Wildman–Crippen LogP) is 3.34. The normalized spacial score (nSPS) is 16.9. The van der Waals surface area contributed by atoms with Gasteiger partial charge in [0.2, 0.25) is 0 Å². The molecule has 1 aromatic carbocycles. The van der Waals surface area contributed by atoms with Crippen LogP contribution < -0.4 is 10.1 Å². The lowest BCUT2D eigenvalue weighted by molar-refractivity contribution is 0.414. The molecule has 3 heteroatoms. The van der Waals surface area contributed by atoms with Gasteiger partial charge in [-0.2, -0.15) is 0 Å².